The maximum Gasteiger partial charge on any atom is 2.00 e. The minimum absolute atomic E-state index is 0. The van der Waals surface area contributed by atoms with E-state index in [1.807, 2.05) is 0 Å². The smallest absolute Gasteiger partial charge is 0.481 e. The van der Waals surface area contributed by atoms with E-state index in [0.717, 1.165) is 60.9 Å². The maximum absolute atomic E-state index is 10.2. The Morgan fingerprint density at radius 2 is 0.851 bits per heavy atom. The van der Waals surface area contributed by atoms with E-state index >= 15 is 0 Å². The molecular formula is C57H118Fe2N2O4P2. The summed E-state index contributed by atoms with van der Waals surface area (Å²) in [4.78, 5) is 10.2. The number of carbonyl (C=O) groups is 1. The van der Waals surface area contributed by atoms with Gasteiger partial charge in [-0.25, -0.2) is 0 Å². The molecule has 0 heterocycles. The number of hydrogen-bond donors (Lipinski definition) is 3. The summed E-state index contributed by atoms with van der Waals surface area (Å²) in [5.74, 6) is 5.30. The van der Waals surface area contributed by atoms with Crippen LogP contribution in [-0.4, -0.2) is 48.7 Å². The summed E-state index contributed by atoms with van der Waals surface area (Å²) in [5, 5.41) is 10.6. The molecule has 0 aliphatic heterocycles. The van der Waals surface area contributed by atoms with Gasteiger partial charge in [-0.1, -0.05) is 198 Å². The van der Waals surface area contributed by atoms with Crippen molar-refractivity contribution in [2.75, 3.05) is 26.3 Å². The largest absolute Gasteiger partial charge is 2.00 e. The topological polar surface area (TPSA) is 108 Å². The molecule has 0 aromatic rings. The van der Waals surface area contributed by atoms with Crippen molar-refractivity contribution in [1.29, 1.82) is 0 Å². The van der Waals surface area contributed by atoms with Crippen LogP contribution in [0.15, 0.2) is 23.8 Å². The molecule has 0 aromatic carbocycles. The minimum Gasteiger partial charge on any atom is -0.481 e. The SMILES string of the molecule is C=C(CN)P(OCC1CCCC1)C(C(C)C)C(C)C.C=C(CN)P(OCCCCCC)C(C(C)C)C(C)C.CCC1CCCC1.CCC1CCCC1.O=C(O)CC1CCCC1.[CH3-].[CH3-].[CH3-].[CH3-].[Fe+2].[Fe+2]. The van der Waals surface area contributed by atoms with Crippen molar-refractivity contribution in [2.45, 2.75) is 235 Å². The van der Waals surface area contributed by atoms with E-state index in [2.05, 4.69) is 89.3 Å². The summed E-state index contributed by atoms with van der Waals surface area (Å²) in [7, 11) is -1.20. The molecular weight excluding hydrogens is 950 g/mol. The first-order chi connectivity index (χ1) is 29.1. The van der Waals surface area contributed by atoms with Crippen molar-refractivity contribution in [1.82, 2.24) is 0 Å². The van der Waals surface area contributed by atoms with Gasteiger partial charge in [0.15, 0.2) is 0 Å². The fourth-order valence-electron chi connectivity index (χ4n) is 9.93. The van der Waals surface area contributed by atoms with E-state index in [0.29, 0.717) is 60.4 Å². The van der Waals surface area contributed by atoms with Gasteiger partial charge in [-0.05, 0) is 90.1 Å². The summed E-state index contributed by atoms with van der Waals surface area (Å²) >= 11 is 0. The van der Waals surface area contributed by atoms with Crippen molar-refractivity contribution in [2.24, 2.45) is 58.8 Å². The first-order valence-electron chi connectivity index (χ1n) is 25.9. The van der Waals surface area contributed by atoms with Crippen LogP contribution in [-0.2, 0) is 48.0 Å². The fraction of sp³-hybridized carbons (Fsp3) is 0.842. The predicted octanol–water partition coefficient (Wildman–Crippen LogP) is 18.5. The Bertz CT molecular complexity index is 1040. The zero-order chi connectivity index (χ0) is 46.2. The van der Waals surface area contributed by atoms with Gasteiger partial charge in [0.1, 0.15) is 0 Å². The minimum atomic E-state index is -0.637. The molecule has 6 nitrogen and oxygen atoms in total. The first kappa shape index (κ1) is 81.7. The molecule has 4 aliphatic rings. The number of rotatable bonds is 23. The third kappa shape index (κ3) is 38.9. The summed E-state index contributed by atoms with van der Waals surface area (Å²) in [6, 6.07) is 0. The zero-order valence-corrected chi connectivity index (χ0v) is 51.2. The third-order valence-electron chi connectivity index (χ3n) is 13.6. The molecule has 0 aromatic heterocycles. The van der Waals surface area contributed by atoms with Crippen LogP contribution in [0.5, 0.6) is 0 Å². The summed E-state index contributed by atoms with van der Waals surface area (Å²) in [5.41, 5.74) is 12.8. The van der Waals surface area contributed by atoms with E-state index in [-0.39, 0.29) is 63.8 Å². The van der Waals surface area contributed by atoms with Gasteiger partial charge in [0.25, 0.3) is 0 Å². The van der Waals surface area contributed by atoms with Gasteiger partial charge >= 0.3 is 40.1 Å². The molecule has 0 saturated heterocycles. The predicted molar refractivity (Wildman–Crippen MR) is 300 cm³/mol. The Hall–Kier alpha value is 0.689. The quantitative estimate of drug-likeness (QED) is 0.0407. The number of carboxylic acid groups (broad SMARTS) is 1. The molecule has 0 spiro atoms. The number of hydrogen-bond acceptors (Lipinski definition) is 5. The van der Waals surface area contributed by atoms with Gasteiger partial charge in [0, 0.05) is 30.8 Å². The molecule has 406 valence electrons. The fourth-order valence-corrected chi connectivity index (χ4v) is 14.7. The van der Waals surface area contributed by atoms with Crippen molar-refractivity contribution >= 4 is 22.3 Å². The van der Waals surface area contributed by atoms with Crippen LogP contribution in [0.2, 0.25) is 0 Å². The summed E-state index contributed by atoms with van der Waals surface area (Å²) in [6.45, 7) is 36.4. The number of nitrogens with two attached hydrogens (primary N) is 2. The second-order valence-corrected chi connectivity index (χ2v) is 24.6. The Morgan fingerprint density at radius 1 is 0.537 bits per heavy atom. The third-order valence-corrected chi connectivity index (χ3v) is 19.5. The van der Waals surface area contributed by atoms with E-state index in [9.17, 15) is 4.79 Å². The summed E-state index contributed by atoms with van der Waals surface area (Å²) < 4.78 is 12.6. The zero-order valence-electron chi connectivity index (χ0n) is 47.2. The van der Waals surface area contributed by atoms with Gasteiger partial charge in [-0.2, -0.15) is 0 Å². The van der Waals surface area contributed by atoms with Crippen molar-refractivity contribution < 1.29 is 53.1 Å². The summed E-state index contributed by atoms with van der Waals surface area (Å²) in [6.07, 6.45) is 30.4. The Balaban J connectivity index is -0.000000139. The Morgan fingerprint density at radius 3 is 1.12 bits per heavy atom. The van der Waals surface area contributed by atoms with E-state index in [4.69, 9.17) is 25.6 Å². The molecule has 10 heteroatoms. The molecule has 4 aliphatic carbocycles. The van der Waals surface area contributed by atoms with Crippen molar-refractivity contribution in [3.63, 3.8) is 0 Å². The number of carboxylic acids is 1. The average molecular weight is 1070 g/mol. The molecule has 4 fully saturated rings. The van der Waals surface area contributed by atoms with Gasteiger partial charge in [0.2, 0.25) is 0 Å². The first-order valence-corrected chi connectivity index (χ1v) is 28.5. The van der Waals surface area contributed by atoms with Crippen LogP contribution < -0.4 is 11.5 Å². The van der Waals surface area contributed by atoms with Crippen LogP contribution >= 0.6 is 16.3 Å². The van der Waals surface area contributed by atoms with E-state index in [1.54, 1.807) is 0 Å². The Labute approximate surface area is 446 Å². The van der Waals surface area contributed by atoms with Crippen LogP contribution in [0.4, 0.5) is 0 Å². The van der Waals surface area contributed by atoms with Crippen LogP contribution in [0.1, 0.15) is 224 Å². The second kappa shape index (κ2) is 51.6. The monoisotopic (exact) mass is 1070 g/mol. The van der Waals surface area contributed by atoms with Crippen LogP contribution in [0.25, 0.3) is 0 Å². The average Bonchev–Trinajstić information content (AvgIpc) is 4.08. The van der Waals surface area contributed by atoms with Crippen LogP contribution in [0.3, 0.4) is 0 Å². The van der Waals surface area contributed by atoms with Gasteiger partial charge in [-0.15, -0.1) is 0 Å². The standard InChI is InChI=1S/C16H32NOP.C16H34NOP.C7H12O2.2C7H14.4CH3.2Fe/c1-12(2)16(13(3)4)19(14(5)10-17)18-11-15-8-6-7-9-15;1-7-8-9-10-11-18-19(15(6)12-17)16(13(2)3)14(4)5;8-7(9)5-6-3-1-2-4-6;2*1-2-7-5-3-4-6-7;;;;;;/h12-13,15-16H,5-11,17H2,1-4H3;13-14,16H,6-12,17H2,1-5H3;6H,1-5H2,(H,8,9);2*7H,2-6H2,1H3;4*1H3;;/q;;;;;4*-1;2*+2. The molecule has 0 radical (unpaired) electrons. The van der Waals surface area contributed by atoms with E-state index in [1.165, 1.54) is 122 Å². The molecule has 2 atom stereocenters. The molecule has 2 unspecified atom stereocenters. The van der Waals surface area contributed by atoms with Gasteiger partial charge < -0.3 is 55.3 Å². The normalized spacial score (nSPS) is 16.8. The van der Waals surface area contributed by atoms with Crippen molar-refractivity contribution in [3.8, 4) is 0 Å². The van der Waals surface area contributed by atoms with Gasteiger partial charge in [0.05, 0.1) is 29.5 Å². The van der Waals surface area contributed by atoms with Crippen molar-refractivity contribution in [3.05, 3.63) is 53.5 Å². The van der Waals surface area contributed by atoms with E-state index < -0.39 is 22.3 Å². The molecule has 0 bridgehead atoms. The molecule has 4 saturated carbocycles. The Kier molecular flexibility index (Phi) is 62.9. The molecule has 5 N–H and O–H groups in total. The van der Waals surface area contributed by atoms with Gasteiger partial charge in [-0.3, -0.25) is 4.79 Å². The van der Waals surface area contributed by atoms with Crippen LogP contribution in [0, 0.1) is 77.0 Å². The maximum atomic E-state index is 10.2. The molecule has 67 heavy (non-hydrogen) atoms. The second-order valence-electron chi connectivity index (χ2n) is 20.4. The molecule has 4 rings (SSSR count). The number of aliphatic carboxylic acids is 1. The number of unbranched alkanes of at least 4 members (excludes halogenated alkanes) is 3. The molecule has 0 amide bonds.